The fourth-order valence-corrected chi connectivity index (χ4v) is 2.53. The van der Waals surface area contributed by atoms with E-state index in [-0.39, 0.29) is 10.6 Å². The molecule has 0 spiro atoms. The maximum absolute atomic E-state index is 11.5. The van der Waals surface area contributed by atoms with Crippen LogP contribution < -0.4 is 0 Å². The highest BCUT2D eigenvalue weighted by molar-refractivity contribution is 6.38. The van der Waals surface area contributed by atoms with Crippen molar-refractivity contribution in [3.8, 4) is 11.4 Å². The number of carboxylic acid groups (broad SMARTS) is 1. The molecule has 7 heteroatoms. The predicted molar refractivity (Wildman–Crippen MR) is 79.7 cm³/mol. The van der Waals surface area contributed by atoms with Crippen LogP contribution in [0.3, 0.4) is 0 Å². The van der Waals surface area contributed by atoms with Gasteiger partial charge in [0.1, 0.15) is 5.69 Å². The van der Waals surface area contributed by atoms with E-state index in [1.165, 1.54) is 36.8 Å². The number of carbonyl (C=O) groups is 1. The third-order valence-corrected chi connectivity index (χ3v) is 3.39. The summed E-state index contributed by atoms with van der Waals surface area (Å²) in [7, 11) is 0. The quantitative estimate of drug-likeness (QED) is 0.779. The van der Waals surface area contributed by atoms with Crippen molar-refractivity contribution in [2.24, 2.45) is 0 Å². The van der Waals surface area contributed by atoms with Gasteiger partial charge in [-0.25, -0.2) is 9.78 Å². The van der Waals surface area contributed by atoms with Crippen molar-refractivity contribution >= 4 is 40.1 Å². The average Bonchev–Trinajstić information content (AvgIpc) is 2.47. The van der Waals surface area contributed by atoms with Gasteiger partial charge >= 0.3 is 5.97 Å². The summed E-state index contributed by atoms with van der Waals surface area (Å²) in [6.45, 7) is 0. The summed E-state index contributed by atoms with van der Waals surface area (Å²) in [6, 6.07) is 4.48. The highest BCUT2D eigenvalue weighted by Gasteiger charge is 2.16. The number of rotatable bonds is 2. The van der Waals surface area contributed by atoms with E-state index in [1.54, 1.807) is 0 Å². The molecule has 0 aliphatic heterocycles. The Bertz CT molecular complexity index is 854. The van der Waals surface area contributed by atoms with Crippen LogP contribution >= 0.6 is 23.2 Å². The van der Waals surface area contributed by atoms with Crippen molar-refractivity contribution in [1.82, 2.24) is 15.0 Å². The molecule has 3 rings (SSSR count). The molecule has 0 aliphatic carbocycles. The summed E-state index contributed by atoms with van der Waals surface area (Å²) < 4.78 is 0. The van der Waals surface area contributed by atoms with E-state index in [0.717, 1.165) is 0 Å². The first-order valence-corrected chi connectivity index (χ1v) is 6.61. The van der Waals surface area contributed by atoms with Crippen molar-refractivity contribution in [2.75, 3.05) is 0 Å². The summed E-state index contributed by atoms with van der Waals surface area (Å²) in [5.41, 5.74) is 1.27. The molecule has 0 aliphatic rings. The second kappa shape index (κ2) is 5.27. The van der Waals surface area contributed by atoms with Crippen LogP contribution in [0.5, 0.6) is 0 Å². The molecule has 0 bridgehead atoms. The third-order valence-electron chi connectivity index (χ3n) is 2.89. The maximum Gasteiger partial charge on any atom is 0.336 e. The molecular weight excluding hydrogens is 313 g/mol. The van der Waals surface area contributed by atoms with Gasteiger partial charge in [-0.3, -0.25) is 9.97 Å². The fourth-order valence-electron chi connectivity index (χ4n) is 1.99. The third kappa shape index (κ3) is 2.53. The zero-order chi connectivity index (χ0) is 15.0. The molecule has 21 heavy (non-hydrogen) atoms. The first-order chi connectivity index (χ1) is 10.1. The van der Waals surface area contributed by atoms with Crippen LogP contribution in [0, 0.1) is 0 Å². The molecule has 0 atom stereocenters. The van der Waals surface area contributed by atoms with Gasteiger partial charge in [-0.05, 0) is 18.2 Å². The molecule has 104 valence electrons. The van der Waals surface area contributed by atoms with E-state index >= 15 is 0 Å². The number of nitrogens with zero attached hydrogens (tertiary/aromatic N) is 3. The lowest BCUT2D eigenvalue weighted by molar-refractivity contribution is 0.0699. The van der Waals surface area contributed by atoms with E-state index in [1.807, 2.05) is 0 Å². The van der Waals surface area contributed by atoms with Crippen molar-refractivity contribution in [1.29, 1.82) is 0 Å². The number of carboxylic acids is 1. The maximum atomic E-state index is 11.5. The Labute approximate surface area is 129 Å². The van der Waals surface area contributed by atoms with Gasteiger partial charge in [-0.1, -0.05) is 23.2 Å². The molecule has 1 N–H and O–H groups in total. The lowest BCUT2D eigenvalue weighted by Gasteiger charge is -2.08. The lowest BCUT2D eigenvalue weighted by Crippen LogP contribution is -2.01. The van der Waals surface area contributed by atoms with Gasteiger partial charge in [0.05, 0.1) is 28.0 Å². The number of benzene rings is 1. The topological polar surface area (TPSA) is 76.0 Å². The minimum absolute atomic E-state index is 0.0602. The van der Waals surface area contributed by atoms with Gasteiger partial charge in [0, 0.05) is 22.8 Å². The van der Waals surface area contributed by atoms with Crippen molar-refractivity contribution in [3.05, 3.63) is 52.4 Å². The second-order valence-corrected chi connectivity index (χ2v) is 5.08. The Balaban J connectivity index is 2.38. The highest BCUT2D eigenvalue weighted by Crippen LogP contribution is 2.31. The average molecular weight is 320 g/mol. The number of aromatic nitrogens is 3. The van der Waals surface area contributed by atoms with Crippen LogP contribution in [0.4, 0.5) is 0 Å². The highest BCUT2D eigenvalue weighted by atomic mass is 35.5. The minimum Gasteiger partial charge on any atom is -0.478 e. The molecule has 0 radical (unpaired) electrons. The standard InChI is InChI=1S/C14H7Cl2N3O2/c15-7-3-8-9(14(20)21)5-11(12-6-17-1-2-18-12)19-13(8)10(16)4-7/h1-6H,(H,20,21). The zero-order valence-corrected chi connectivity index (χ0v) is 11.9. The zero-order valence-electron chi connectivity index (χ0n) is 10.4. The Morgan fingerprint density at radius 2 is 1.90 bits per heavy atom. The van der Waals surface area contributed by atoms with E-state index in [0.29, 0.717) is 27.3 Å². The summed E-state index contributed by atoms with van der Waals surface area (Å²) in [4.78, 5) is 23.9. The normalized spacial score (nSPS) is 10.8. The van der Waals surface area contributed by atoms with Gasteiger partial charge in [0.15, 0.2) is 0 Å². The lowest BCUT2D eigenvalue weighted by atomic mass is 10.1. The number of hydrogen-bond donors (Lipinski definition) is 1. The first kappa shape index (κ1) is 13.7. The van der Waals surface area contributed by atoms with Crippen LogP contribution in [0.2, 0.25) is 10.0 Å². The van der Waals surface area contributed by atoms with E-state index in [2.05, 4.69) is 15.0 Å². The molecule has 0 saturated heterocycles. The molecule has 2 aromatic heterocycles. The summed E-state index contributed by atoms with van der Waals surface area (Å²) in [5, 5.41) is 10.4. The Morgan fingerprint density at radius 3 is 2.57 bits per heavy atom. The number of aromatic carboxylic acids is 1. The van der Waals surface area contributed by atoms with E-state index < -0.39 is 5.97 Å². The van der Waals surface area contributed by atoms with Crippen LogP contribution in [-0.2, 0) is 0 Å². The Morgan fingerprint density at radius 1 is 1.10 bits per heavy atom. The van der Waals surface area contributed by atoms with Crippen LogP contribution in [0.1, 0.15) is 10.4 Å². The number of hydrogen-bond acceptors (Lipinski definition) is 4. The fraction of sp³-hybridized carbons (Fsp3) is 0. The van der Waals surface area contributed by atoms with Gasteiger partial charge in [-0.15, -0.1) is 0 Å². The largest absolute Gasteiger partial charge is 0.478 e. The van der Waals surface area contributed by atoms with Gasteiger partial charge in [0.25, 0.3) is 0 Å². The van der Waals surface area contributed by atoms with Crippen LogP contribution in [0.25, 0.3) is 22.3 Å². The van der Waals surface area contributed by atoms with Gasteiger partial charge in [-0.2, -0.15) is 0 Å². The van der Waals surface area contributed by atoms with E-state index in [9.17, 15) is 9.90 Å². The van der Waals surface area contributed by atoms with Crippen LogP contribution in [0.15, 0.2) is 36.8 Å². The van der Waals surface area contributed by atoms with Crippen molar-refractivity contribution < 1.29 is 9.90 Å². The number of fused-ring (bicyclic) bond motifs is 1. The minimum atomic E-state index is -1.09. The molecule has 1 aromatic carbocycles. The molecule has 0 fully saturated rings. The number of pyridine rings is 1. The summed E-state index contributed by atoms with van der Waals surface area (Å²) in [6.07, 6.45) is 4.53. The van der Waals surface area contributed by atoms with Gasteiger partial charge < -0.3 is 5.11 Å². The monoisotopic (exact) mass is 319 g/mol. The molecular formula is C14H7Cl2N3O2. The Kier molecular flexibility index (Phi) is 3.45. The summed E-state index contributed by atoms with van der Waals surface area (Å²) in [5.74, 6) is -1.09. The smallest absolute Gasteiger partial charge is 0.336 e. The summed E-state index contributed by atoms with van der Waals surface area (Å²) >= 11 is 12.1. The van der Waals surface area contributed by atoms with Crippen molar-refractivity contribution in [2.45, 2.75) is 0 Å². The second-order valence-electron chi connectivity index (χ2n) is 4.23. The van der Waals surface area contributed by atoms with Gasteiger partial charge in [0.2, 0.25) is 0 Å². The molecule has 2 heterocycles. The van der Waals surface area contributed by atoms with Crippen LogP contribution in [-0.4, -0.2) is 26.0 Å². The van der Waals surface area contributed by atoms with E-state index in [4.69, 9.17) is 23.2 Å². The molecule has 0 amide bonds. The molecule has 0 unspecified atom stereocenters. The number of halogens is 2. The Hall–Kier alpha value is -2.24. The first-order valence-electron chi connectivity index (χ1n) is 5.86. The SMILES string of the molecule is O=C(O)c1cc(-c2cnccn2)nc2c(Cl)cc(Cl)cc12. The molecule has 0 saturated carbocycles. The molecule has 5 nitrogen and oxygen atoms in total. The molecule has 3 aromatic rings. The van der Waals surface area contributed by atoms with Crippen molar-refractivity contribution in [3.63, 3.8) is 0 Å². The predicted octanol–water partition coefficient (Wildman–Crippen LogP) is 3.70.